The Bertz CT molecular complexity index is 2010. The lowest BCUT2D eigenvalue weighted by Gasteiger charge is -2.29. The quantitative estimate of drug-likeness (QED) is 0.0628. The second-order valence-electron chi connectivity index (χ2n) is 14.5. The number of likely N-dealkylation sites (tertiary alicyclic amines) is 1. The van der Waals surface area contributed by atoms with Crippen LogP contribution in [0.3, 0.4) is 0 Å². The maximum absolute atomic E-state index is 14.0. The van der Waals surface area contributed by atoms with Gasteiger partial charge in [-0.15, -0.1) is 0 Å². The van der Waals surface area contributed by atoms with E-state index >= 15 is 0 Å². The number of aliphatic hydroxyl groups excluding tert-OH is 1. The van der Waals surface area contributed by atoms with Crippen molar-refractivity contribution in [3.8, 4) is 11.5 Å². The van der Waals surface area contributed by atoms with Crippen LogP contribution in [0.4, 0.5) is 0 Å². The minimum Gasteiger partial charge on any atom is -0.508 e. The fraction of sp³-hybridized carbons (Fsp3) is 0.381. The zero-order valence-electron chi connectivity index (χ0n) is 34.3. The molecule has 334 valence electrons. The van der Waals surface area contributed by atoms with E-state index in [0.29, 0.717) is 23.1 Å². The van der Waals surface area contributed by atoms with Gasteiger partial charge in [-0.1, -0.05) is 54.6 Å². The van der Waals surface area contributed by atoms with Crippen molar-refractivity contribution >= 4 is 47.3 Å². The van der Waals surface area contributed by atoms with Gasteiger partial charge in [-0.2, -0.15) is 0 Å². The maximum atomic E-state index is 14.0. The van der Waals surface area contributed by atoms with E-state index in [4.69, 9.17) is 21.4 Å². The number of carbonyl (C=O) groups is 8. The Morgan fingerprint density at radius 2 is 1.24 bits per heavy atom. The number of rotatable bonds is 19. The maximum Gasteiger partial charge on any atom is 0.300 e. The first-order chi connectivity index (χ1) is 29.4. The van der Waals surface area contributed by atoms with Crippen molar-refractivity contribution in [2.75, 3.05) is 19.7 Å². The Labute approximate surface area is 357 Å². The molecule has 0 aromatic heterocycles. The summed E-state index contributed by atoms with van der Waals surface area (Å²) in [5, 5.41) is 48.8. The van der Waals surface area contributed by atoms with Crippen LogP contribution >= 0.6 is 0 Å². The molecule has 20 nitrogen and oxygen atoms in total. The number of amides is 7. The monoisotopic (exact) mass is 862 g/mol. The van der Waals surface area contributed by atoms with E-state index < -0.39 is 96.7 Å². The number of nitrogens with zero attached hydrogens (tertiary/aromatic N) is 1. The third kappa shape index (κ3) is 16.2. The molecule has 6 atom stereocenters. The molecule has 7 amide bonds. The summed E-state index contributed by atoms with van der Waals surface area (Å²) in [5.74, 6) is -5.91. The van der Waals surface area contributed by atoms with E-state index in [-0.39, 0.29) is 43.7 Å². The van der Waals surface area contributed by atoms with Gasteiger partial charge in [0.1, 0.15) is 41.7 Å². The van der Waals surface area contributed by atoms with E-state index in [1.165, 1.54) is 36.1 Å². The first-order valence-electron chi connectivity index (χ1n) is 19.6. The number of nitrogens with two attached hydrogens (primary N) is 2. The number of phenolic OH excluding ortho intramolecular Hbond substituents is 2. The van der Waals surface area contributed by atoms with Crippen LogP contribution in [0.2, 0.25) is 0 Å². The van der Waals surface area contributed by atoms with Crippen LogP contribution < -0.4 is 38.1 Å². The predicted octanol–water partition coefficient (Wildman–Crippen LogP) is -1.91. The molecule has 4 rings (SSSR count). The van der Waals surface area contributed by atoms with Crippen LogP contribution in [0.5, 0.6) is 11.5 Å². The topological polar surface area (TPSA) is 333 Å². The Kier molecular flexibility index (Phi) is 19.3. The summed E-state index contributed by atoms with van der Waals surface area (Å²) in [5.41, 5.74) is 13.2. The summed E-state index contributed by atoms with van der Waals surface area (Å²) in [6, 6.07) is 13.9. The van der Waals surface area contributed by atoms with Crippen molar-refractivity contribution in [2.24, 2.45) is 11.5 Å². The normalized spacial score (nSPS) is 15.5. The number of phenols is 2. The van der Waals surface area contributed by atoms with E-state index in [0.717, 1.165) is 6.92 Å². The van der Waals surface area contributed by atoms with Crippen LogP contribution in [0.25, 0.3) is 0 Å². The van der Waals surface area contributed by atoms with Crippen molar-refractivity contribution in [1.82, 2.24) is 31.5 Å². The summed E-state index contributed by atoms with van der Waals surface area (Å²) in [7, 11) is 0. The van der Waals surface area contributed by atoms with E-state index in [1.807, 2.05) is 0 Å². The van der Waals surface area contributed by atoms with Gasteiger partial charge in [-0.3, -0.25) is 38.4 Å². The number of carboxylic acids is 1. The van der Waals surface area contributed by atoms with Gasteiger partial charge in [-0.25, -0.2) is 0 Å². The largest absolute Gasteiger partial charge is 0.508 e. The van der Waals surface area contributed by atoms with Crippen LogP contribution in [-0.2, 0) is 57.6 Å². The van der Waals surface area contributed by atoms with Crippen LogP contribution in [0.15, 0.2) is 78.9 Å². The number of benzene rings is 3. The first-order valence-corrected chi connectivity index (χ1v) is 19.6. The van der Waals surface area contributed by atoms with Crippen molar-refractivity contribution in [1.29, 1.82) is 0 Å². The molecule has 0 unspecified atom stereocenters. The second-order valence-corrected chi connectivity index (χ2v) is 14.5. The number of nitrogens with one attached hydrogen (secondary N) is 5. The molecule has 1 fully saturated rings. The predicted molar refractivity (Wildman–Crippen MR) is 222 cm³/mol. The molecule has 0 saturated carbocycles. The smallest absolute Gasteiger partial charge is 0.300 e. The number of hydrogen-bond donors (Lipinski definition) is 11. The molecule has 1 heterocycles. The summed E-state index contributed by atoms with van der Waals surface area (Å²) in [6.45, 7) is 1.31. The second kappa shape index (κ2) is 24.3. The molecule has 1 saturated heterocycles. The molecule has 0 aliphatic carbocycles. The third-order valence-electron chi connectivity index (χ3n) is 9.51. The fourth-order valence-electron chi connectivity index (χ4n) is 6.30. The molecule has 3 aromatic rings. The van der Waals surface area contributed by atoms with E-state index in [2.05, 4.69) is 26.6 Å². The number of aliphatic hydroxyl groups is 1. The Balaban J connectivity index is 0.00000245. The molecule has 13 N–H and O–H groups in total. The average Bonchev–Trinajstić information content (AvgIpc) is 3.73. The zero-order chi connectivity index (χ0) is 45.9. The van der Waals surface area contributed by atoms with Crippen LogP contribution in [0, 0.1) is 0 Å². The number of carbonyl (C=O) groups excluding carboxylic acids is 7. The number of carboxylic acid groups (broad SMARTS) is 1. The Hall–Kier alpha value is -7.06. The van der Waals surface area contributed by atoms with Gasteiger partial charge in [0, 0.05) is 26.3 Å². The molecule has 0 radical (unpaired) electrons. The Morgan fingerprint density at radius 1 is 0.710 bits per heavy atom. The highest BCUT2D eigenvalue weighted by Gasteiger charge is 2.39. The molecular formula is C42H54N8O12. The summed E-state index contributed by atoms with van der Waals surface area (Å²) >= 11 is 0. The first kappa shape index (κ1) is 49.3. The molecule has 3 aromatic carbocycles. The number of aliphatic carboxylic acids is 1. The lowest BCUT2D eigenvalue weighted by Crippen LogP contribution is -2.58. The van der Waals surface area contributed by atoms with Gasteiger partial charge in [0.2, 0.25) is 41.4 Å². The molecule has 62 heavy (non-hydrogen) atoms. The Morgan fingerprint density at radius 3 is 1.79 bits per heavy atom. The van der Waals surface area contributed by atoms with Crippen LogP contribution in [-0.4, -0.2) is 129 Å². The molecule has 1 aliphatic heterocycles. The van der Waals surface area contributed by atoms with Gasteiger partial charge in [0.05, 0.1) is 19.2 Å². The van der Waals surface area contributed by atoms with Crippen molar-refractivity contribution < 1.29 is 58.8 Å². The average molecular weight is 863 g/mol. The van der Waals surface area contributed by atoms with Crippen LogP contribution in [0.1, 0.15) is 43.4 Å². The summed E-state index contributed by atoms with van der Waals surface area (Å²) in [6.07, 6.45) is 0.781. The molecular weight excluding hydrogens is 809 g/mol. The van der Waals surface area contributed by atoms with Gasteiger partial charge in [-0.05, 0) is 67.1 Å². The van der Waals surface area contributed by atoms with Gasteiger partial charge in [0.25, 0.3) is 5.97 Å². The molecule has 0 bridgehead atoms. The summed E-state index contributed by atoms with van der Waals surface area (Å²) < 4.78 is 0. The zero-order valence-corrected chi connectivity index (χ0v) is 34.3. The van der Waals surface area contributed by atoms with E-state index in [1.54, 1.807) is 54.6 Å². The highest BCUT2D eigenvalue weighted by Crippen LogP contribution is 2.21. The standard InChI is InChI=1S/C40H50N8O10.C2H4O2/c1-23(44-37(55)29(41)18-25-9-13-27(50)14-10-25)36(54)46-30(19-24-6-3-2-4-7-24)38(56)43-21-34(52)45-31(20-26-11-15-28(51)16-12-26)40(58)48-17-5-8-33(48)39(57)47-32(22-49)35(42)53;1-2(3)4/h2-4,6-7,9-16,23,29-33,49-51H,5,8,17-22,41H2,1H3,(H2,42,53)(H,43,56)(H,44,55)(H,45,52)(H,46,54)(H,47,57);1H3,(H,3,4)/t23-,29+,30+,31+,32+,33+;/m1./s1. The highest BCUT2D eigenvalue weighted by atomic mass is 16.4. The van der Waals surface area contributed by atoms with Gasteiger partial charge in [0.15, 0.2) is 0 Å². The fourth-order valence-corrected chi connectivity index (χ4v) is 6.30. The minimum atomic E-state index is -1.36. The number of primary amides is 1. The summed E-state index contributed by atoms with van der Waals surface area (Å²) in [4.78, 5) is 102. The third-order valence-corrected chi connectivity index (χ3v) is 9.51. The van der Waals surface area contributed by atoms with Crippen molar-refractivity contribution in [2.45, 2.75) is 82.2 Å². The SMILES string of the molecule is CC(=O)O.C[C@@H](NC(=O)[C@@H](N)Cc1ccc(O)cc1)C(=O)N[C@@H](Cc1ccccc1)C(=O)NCC(=O)N[C@@H](Cc1ccc(O)cc1)C(=O)N1CCC[C@H]1C(=O)N[C@@H](CO)C(N)=O. The van der Waals surface area contributed by atoms with Gasteiger partial charge >= 0.3 is 0 Å². The lowest BCUT2D eigenvalue weighted by molar-refractivity contribution is -0.142. The molecule has 0 spiro atoms. The molecule has 20 heteroatoms. The molecule has 1 aliphatic rings. The highest BCUT2D eigenvalue weighted by molar-refractivity contribution is 5.96. The number of hydrogen-bond acceptors (Lipinski definition) is 12. The number of aromatic hydroxyl groups is 2. The lowest BCUT2D eigenvalue weighted by atomic mass is 10.0. The minimum absolute atomic E-state index is 0.0222. The van der Waals surface area contributed by atoms with Gasteiger partial charge < -0.3 is 63.4 Å². The van der Waals surface area contributed by atoms with Crippen molar-refractivity contribution in [3.05, 3.63) is 95.6 Å². The van der Waals surface area contributed by atoms with E-state index in [9.17, 15) is 48.9 Å². The van der Waals surface area contributed by atoms with Crippen molar-refractivity contribution in [3.63, 3.8) is 0 Å².